The first-order chi connectivity index (χ1) is 12.7. The molecule has 0 unspecified atom stereocenters. The van der Waals surface area contributed by atoms with Crippen LogP contribution in [0.25, 0.3) is 0 Å². The fourth-order valence-corrected chi connectivity index (χ4v) is 2.54. The third-order valence-electron chi connectivity index (χ3n) is 4.06. The van der Waals surface area contributed by atoms with Crippen LogP contribution in [0.2, 0.25) is 0 Å². The van der Waals surface area contributed by atoms with Gasteiger partial charge < -0.3 is 15.4 Å². The van der Waals surface area contributed by atoms with Crippen molar-refractivity contribution >= 4 is 17.3 Å². The smallest absolute Gasteiger partial charge is 0.270 e. The fraction of sp³-hybridized carbons (Fsp3) is 0.143. The van der Waals surface area contributed by atoms with Gasteiger partial charge in [-0.15, -0.1) is 0 Å². The Kier molecular flexibility index (Phi) is 5.49. The summed E-state index contributed by atoms with van der Waals surface area (Å²) in [6, 6.07) is 19.1. The van der Waals surface area contributed by atoms with Crippen molar-refractivity contribution in [3.63, 3.8) is 0 Å². The van der Waals surface area contributed by atoms with Crippen LogP contribution in [0.15, 0.2) is 66.9 Å². The average Bonchev–Trinajstić information content (AvgIpc) is 2.68. The molecule has 5 nitrogen and oxygen atoms in total. The van der Waals surface area contributed by atoms with Gasteiger partial charge in [-0.2, -0.15) is 0 Å². The van der Waals surface area contributed by atoms with E-state index >= 15 is 0 Å². The number of hydrogen-bond donors (Lipinski definition) is 2. The molecule has 5 heteroatoms. The van der Waals surface area contributed by atoms with Crippen molar-refractivity contribution < 1.29 is 9.53 Å². The highest BCUT2D eigenvalue weighted by atomic mass is 16.5. The zero-order valence-electron chi connectivity index (χ0n) is 14.8. The molecule has 1 aromatic heterocycles. The maximum absolute atomic E-state index is 12.3. The molecule has 0 aliphatic rings. The van der Waals surface area contributed by atoms with Crippen molar-refractivity contribution in [2.45, 2.75) is 13.5 Å². The number of benzene rings is 2. The summed E-state index contributed by atoms with van der Waals surface area (Å²) in [5, 5.41) is 6.14. The van der Waals surface area contributed by atoms with Crippen LogP contribution >= 0.6 is 0 Å². The van der Waals surface area contributed by atoms with Crippen LogP contribution < -0.4 is 15.4 Å². The number of amides is 1. The normalized spacial score (nSPS) is 10.2. The van der Waals surface area contributed by atoms with Crippen LogP contribution in [0.3, 0.4) is 0 Å². The van der Waals surface area contributed by atoms with Gasteiger partial charge in [-0.05, 0) is 42.3 Å². The number of nitrogens with zero attached hydrogens (tertiary/aromatic N) is 1. The van der Waals surface area contributed by atoms with E-state index in [2.05, 4.69) is 15.6 Å². The molecule has 0 saturated heterocycles. The number of nitrogens with one attached hydrogen (secondary N) is 2. The summed E-state index contributed by atoms with van der Waals surface area (Å²) in [7, 11) is 1.63. The van der Waals surface area contributed by atoms with Gasteiger partial charge in [-0.25, -0.2) is 4.98 Å². The summed E-state index contributed by atoms with van der Waals surface area (Å²) >= 11 is 0. The van der Waals surface area contributed by atoms with E-state index in [-0.39, 0.29) is 5.91 Å². The van der Waals surface area contributed by atoms with Crippen LogP contribution in [-0.2, 0) is 6.54 Å². The molecule has 0 spiro atoms. The minimum atomic E-state index is -0.193. The number of carbonyl (C=O) groups excluding carboxylic acids is 1. The third kappa shape index (κ3) is 4.39. The van der Waals surface area contributed by atoms with E-state index in [1.54, 1.807) is 19.4 Å². The van der Waals surface area contributed by atoms with E-state index in [9.17, 15) is 4.79 Å². The molecule has 3 aromatic rings. The average molecular weight is 347 g/mol. The predicted molar refractivity (Wildman–Crippen MR) is 103 cm³/mol. The van der Waals surface area contributed by atoms with Gasteiger partial charge in [0.05, 0.1) is 19.0 Å². The number of rotatable bonds is 6. The van der Waals surface area contributed by atoms with Crippen molar-refractivity contribution in [2.24, 2.45) is 0 Å². The van der Waals surface area contributed by atoms with E-state index in [4.69, 9.17) is 4.74 Å². The van der Waals surface area contributed by atoms with Gasteiger partial charge in [-0.3, -0.25) is 4.79 Å². The Morgan fingerprint density at radius 3 is 2.62 bits per heavy atom. The number of hydrogen-bond acceptors (Lipinski definition) is 4. The lowest BCUT2D eigenvalue weighted by atomic mass is 10.1. The van der Waals surface area contributed by atoms with E-state index in [0.29, 0.717) is 12.2 Å². The maximum Gasteiger partial charge on any atom is 0.270 e. The number of pyridine rings is 1. The summed E-state index contributed by atoms with van der Waals surface area (Å²) in [6.45, 7) is 2.51. The molecule has 1 amide bonds. The lowest BCUT2D eigenvalue weighted by Gasteiger charge is -2.09. The Labute approximate surface area is 153 Å². The molecule has 2 aromatic carbocycles. The summed E-state index contributed by atoms with van der Waals surface area (Å²) in [5.41, 5.74) is 4.32. The van der Waals surface area contributed by atoms with Gasteiger partial charge in [0, 0.05) is 18.3 Å². The third-order valence-corrected chi connectivity index (χ3v) is 4.06. The van der Waals surface area contributed by atoms with Crippen molar-refractivity contribution in [2.75, 3.05) is 12.4 Å². The highest BCUT2D eigenvalue weighted by molar-refractivity contribution is 5.92. The van der Waals surface area contributed by atoms with E-state index in [1.807, 2.05) is 61.5 Å². The summed E-state index contributed by atoms with van der Waals surface area (Å²) in [6.07, 6.45) is 1.64. The molecule has 0 atom stereocenters. The fourth-order valence-electron chi connectivity index (χ4n) is 2.54. The minimum Gasteiger partial charge on any atom is -0.497 e. The summed E-state index contributed by atoms with van der Waals surface area (Å²) in [5.74, 6) is 0.580. The number of methoxy groups -OCH3 is 1. The summed E-state index contributed by atoms with van der Waals surface area (Å²) in [4.78, 5) is 16.5. The molecule has 2 N–H and O–H groups in total. The highest BCUT2D eigenvalue weighted by Gasteiger charge is 2.08. The quantitative estimate of drug-likeness (QED) is 0.705. The van der Waals surface area contributed by atoms with Crippen molar-refractivity contribution in [3.8, 4) is 5.75 Å². The number of carbonyl (C=O) groups is 1. The van der Waals surface area contributed by atoms with Crippen LogP contribution in [-0.4, -0.2) is 18.0 Å². The molecule has 132 valence electrons. The number of anilines is 2. The first-order valence-corrected chi connectivity index (χ1v) is 8.35. The molecule has 0 aliphatic heterocycles. The van der Waals surface area contributed by atoms with Crippen LogP contribution in [0, 0.1) is 6.92 Å². The Hall–Kier alpha value is -3.34. The molecule has 0 radical (unpaired) electrons. The molecule has 0 aliphatic carbocycles. The maximum atomic E-state index is 12.3. The van der Waals surface area contributed by atoms with Crippen molar-refractivity contribution in [1.82, 2.24) is 10.3 Å². The van der Waals surface area contributed by atoms with E-state index in [0.717, 1.165) is 28.3 Å². The van der Waals surface area contributed by atoms with Crippen LogP contribution in [0.4, 0.5) is 11.4 Å². The summed E-state index contributed by atoms with van der Waals surface area (Å²) < 4.78 is 5.21. The minimum absolute atomic E-state index is 0.193. The predicted octanol–water partition coefficient (Wildman–Crippen LogP) is 4.07. The number of aromatic nitrogens is 1. The Balaban J connectivity index is 1.61. The zero-order valence-corrected chi connectivity index (χ0v) is 14.8. The van der Waals surface area contributed by atoms with Gasteiger partial charge in [0.15, 0.2) is 0 Å². The molecule has 26 heavy (non-hydrogen) atoms. The number of ether oxygens (including phenoxy) is 1. The van der Waals surface area contributed by atoms with Crippen molar-refractivity contribution in [3.05, 3.63) is 83.7 Å². The Bertz CT molecular complexity index is 892. The second-order valence-electron chi connectivity index (χ2n) is 5.90. The van der Waals surface area contributed by atoms with Crippen LogP contribution in [0.1, 0.15) is 21.6 Å². The lowest BCUT2D eigenvalue weighted by Crippen LogP contribution is -2.24. The Morgan fingerprint density at radius 1 is 1.04 bits per heavy atom. The molecule has 3 rings (SSSR count). The highest BCUT2D eigenvalue weighted by Crippen LogP contribution is 2.20. The first-order valence-electron chi connectivity index (χ1n) is 8.35. The largest absolute Gasteiger partial charge is 0.497 e. The zero-order chi connectivity index (χ0) is 18.4. The standard InChI is InChI=1S/C21H21N3O2/c1-15-6-3-4-7-16(15)13-23-21(25)20-11-10-18(14-22-20)24-17-8-5-9-19(12-17)26-2/h3-12,14,24H,13H2,1-2H3,(H,23,25). The second kappa shape index (κ2) is 8.16. The molecular weight excluding hydrogens is 326 g/mol. The van der Waals surface area contributed by atoms with Gasteiger partial charge in [0.25, 0.3) is 5.91 Å². The monoisotopic (exact) mass is 347 g/mol. The second-order valence-corrected chi connectivity index (χ2v) is 5.90. The SMILES string of the molecule is COc1cccc(Nc2ccc(C(=O)NCc3ccccc3C)nc2)c1. The molecule has 0 fully saturated rings. The first kappa shape index (κ1) is 17.5. The van der Waals surface area contributed by atoms with E-state index in [1.165, 1.54) is 0 Å². The topological polar surface area (TPSA) is 63.2 Å². The number of aryl methyl sites for hydroxylation is 1. The van der Waals surface area contributed by atoms with Gasteiger partial charge in [0.2, 0.25) is 0 Å². The van der Waals surface area contributed by atoms with Crippen LogP contribution in [0.5, 0.6) is 5.75 Å². The Morgan fingerprint density at radius 2 is 1.88 bits per heavy atom. The molecule has 1 heterocycles. The van der Waals surface area contributed by atoms with E-state index < -0.39 is 0 Å². The van der Waals surface area contributed by atoms with Crippen molar-refractivity contribution in [1.29, 1.82) is 0 Å². The lowest BCUT2D eigenvalue weighted by molar-refractivity contribution is 0.0946. The van der Waals surface area contributed by atoms with Gasteiger partial charge in [-0.1, -0.05) is 30.3 Å². The van der Waals surface area contributed by atoms with Gasteiger partial charge >= 0.3 is 0 Å². The van der Waals surface area contributed by atoms with Gasteiger partial charge in [0.1, 0.15) is 11.4 Å². The molecule has 0 bridgehead atoms. The molecular formula is C21H21N3O2. The molecule has 0 saturated carbocycles.